The summed E-state index contributed by atoms with van der Waals surface area (Å²) in [7, 11) is 0. The minimum Gasteiger partial charge on any atom is -0.462 e. The lowest BCUT2D eigenvalue weighted by atomic mass is 10.1. The van der Waals surface area contributed by atoms with Gasteiger partial charge in [-0.1, -0.05) is 6.92 Å². The third-order valence-corrected chi connectivity index (χ3v) is 5.14. The van der Waals surface area contributed by atoms with Gasteiger partial charge in [0.05, 0.1) is 22.0 Å². The van der Waals surface area contributed by atoms with Crippen molar-refractivity contribution in [2.45, 2.75) is 27.2 Å². The Hall–Kier alpha value is -3.27. The highest BCUT2D eigenvalue weighted by atomic mass is 32.1. The van der Waals surface area contributed by atoms with Crippen LogP contribution in [0.25, 0.3) is 0 Å². The number of benzene rings is 1. The maximum Gasteiger partial charge on any atom is 0.338 e. The Morgan fingerprint density at radius 2 is 1.71 bits per heavy atom. The molecule has 10 heteroatoms. The Bertz CT molecular complexity index is 937. The quantitative estimate of drug-likeness (QED) is 0.432. The molecule has 1 aromatic carbocycles. The molecule has 28 heavy (non-hydrogen) atoms. The summed E-state index contributed by atoms with van der Waals surface area (Å²) in [5, 5.41) is 11.1. The summed E-state index contributed by atoms with van der Waals surface area (Å²) >= 11 is 1.32. The summed E-state index contributed by atoms with van der Waals surface area (Å²) in [5.74, 6) is -2.09. The summed E-state index contributed by atoms with van der Waals surface area (Å²) in [6, 6.07) is 4.91. The Morgan fingerprint density at radius 3 is 2.29 bits per heavy atom. The lowest BCUT2D eigenvalue weighted by molar-refractivity contribution is -0.384. The van der Waals surface area contributed by atoms with Gasteiger partial charge in [-0.25, -0.2) is 4.79 Å². The molecule has 0 unspecified atom stereocenters. The average molecular weight is 405 g/mol. The van der Waals surface area contributed by atoms with Crippen LogP contribution < -0.4 is 10.9 Å². The van der Waals surface area contributed by atoms with E-state index in [0.717, 1.165) is 35.1 Å². The summed E-state index contributed by atoms with van der Waals surface area (Å²) in [4.78, 5) is 48.2. The van der Waals surface area contributed by atoms with Gasteiger partial charge in [0, 0.05) is 22.6 Å². The Morgan fingerprint density at radius 1 is 1.07 bits per heavy atom. The van der Waals surface area contributed by atoms with E-state index < -0.39 is 28.4 Å². The number of carbonyl (C=O) groups is 3. The average Bonchev–Trinajstić information content (AvgIpc) is 3.06. The van der Waals surface area contributed by atoms with Crippen molar-refractivity contribution in [3.05, 3.63) is 60.8 Å². The van der Waals surface area contributed by atoms with Gasteiger partial charge in [-0.3, -0.25) is 30.6 Å². The molecule has 0 radical (unpaired) electrons. The fourth-order valence-corrected chi connectivity index (χ4v) is 3.42. The fourth-order valence-electron chi connectivity index (χ4n) is 2.41. The number of esters is 1. The van der Waals surface area contributed by atoms with Crippen molar-refractivity contribution >= 4 is 34.8 Å². The van der Waals surface area contributed by atoms with Crippen LogP contribution in [0, 0.1) is 17.0 Å². The number of hydrogen-bond donors (Lipinski definition) is 2. The molecule has 148 valence electrons. The fraction of sp³-hybridized carbons (Fsp3) is 0.278. The van der Waals surface area contributed by atoms with E-state index in [1.54, 1.807) is 13.0 Å². The molecule has 0 aliphatic heterocycles. The molecule has 2 rings (SSSR count). The van der Waals surface area contributed by atoms with E-state index in [1.165, 1.54) is 11.3 Å². The highest BCUT2D eigenvalue weighted by molar-refractivity contribution is 7.14. The number of nitro benzene ring substituents is 1. The zero-order valence-electron chi connectivity index (χ0n) is 15.5. The molecule has 2 aromatic rings. The van der Waals surface area contributed by atoms with Crippen molar-refractivity contribution in [1.29, 1.82) is 0 Å². The number of non-ortho nitro benzene ring substituents is 1. The molecule has 0 aliphatic carbocycles. The number of amides is 2. The van der Waals surface area contributed by atoms with E-state index in [2.05, 4.69) is 10.9 Å². The highest BCUT2D eigenvalue weighted by Crippen LogP contribution is 2.22. The number of rotatable bonds is 6. The van der Waals surface area contributed by atoms with E-state index in [-0.39, 0.29) is 17.7 Å². The third-order valence-electron chi connectivity index (χ3n) is 3.76. The zero-order chi connectivity index (χ0) is 20.8. The molecule has 2 amide bonds. The summed E-state index contributed by atoms with van der Waals surface area (Å²) < 4.78 is 4.82. The molecule has 0 saturated heterocycles. The van der Waals surface area contributed by atoms with Crippen LogP contribution in [0.5, 0.6) is 0 Å². The van der Waals surface area contributed by atoms with Crippen molar-refractivity contribution < 1.29 is 24.0 Å². The lowest BCUT2D eigenvalue weighted by Gasteiger charge is -2.08. The normalized spacial score (nSPS) is 10.2. The SMILES string of the molecule is CCOC(=O)c1cc(C(=O)NNC(=O)c2cc(C)c(CC)s2)cc([N+](=O)[O-])c1. The van der Waals surface area contributed by atoms with E-state index >= 15 is 0 Å². The predicted octanol–water partition coefficient (Wildman–Crippen LogP) is 2.78. The molecule has 0 spiro atoms. The second-order valence-electron chi connectivity index (χ2n) is 5.72. The zero-order valence-corrected chi connectivity index (χ0v) is 16.3. The maximum absolute atomic E-state index is 12.3. The van der Waals surface area contributed by atoms with Gasteiger partial charge in [-0.15, -0.1) is 11.3 Å². The molecule has 1 aromatic heterocycles. The Kier molecular flexibility index (Phi) is 6.83. The van der Waals surface area contributed by atoms with Crippen molar-refractivity contribution in [3.8, 4) is 0 Å². The summed E-state index contributed by atoms with van der Waals surface area (Å²) in [6.07, 6.45) is 0.792. The number of carbonyl (C=O) groups excluding carboxylic acids is 3. The number of nitrogens with one attached hydrogen (secondary N) is 2. The number of aryl methyl sites for hydroxylation is 2. The Balaban J connectivity index is 2.17. The smallest absolute Gasteiger partial charge is 0.338 e. The molecule has 9 nitrogen and oxygen atoms in total. The number of ether oxygens (including phenoxy) is 1. The van der Waals surface area contributed by atoms with Crippen LogP contribution in [0.4, 0.5) is 5.69 Å². The molecular formula is C18H19N3O6S. The summed E-state index contributed by atoms with van der Waals surface area (Å²) in [6.45, 7) is 5.55. The van der Waals surface area contributed by atoms with Gasteiger partial charge in [0.15, 0.2) is 0 Å². The van der Waals surface area contributed by atoms with Crippen LogP contribution in [-0.2, 0) is 11.2 Å². The van der Waals surface area contributed by atoms with E-state index in [4.69, 9.17) is 4.74 Å². The number of nitrogens with zero attached hydrogens (tertiary/aromatic N) is 1. The molecule has 0 aliphatic rings. The number of nitro groups is 1. The largest absolute Gasteiger partial charge is 0.462 e. The van der Waals surface area contributed by atoms with Crippen LogP contribution >= 0.6 is 11.3 Å². The first-order valence-electron chi connectivity index (χ1n) is 8.43. The van der Waals surface area contributed by atoms with Gasteiger partial charge in [0.1, 0.15) is 0 Å². The van der Waals surface area contributed by atoms with Crippen LogP contribution in [0.1, 0.15) is 54.7 Å². The van der Waals surface area contributed by atoms with Gasteiger partial charge in [0.2, 0.25) is 0 Å². The molecule has 2 N–H and O–H groups in total. The maximum atomic E-state index is 12.3. The van der Waals surface area contributed by atoms with Gasteiger partial charge < -0.3 is 4.74 Å². The van der Waals surface area contributed by atoms with Gasteiger partial charge in [-0.05, 0) is 38.0 Å². The van der Waals surface area contributed by atoms with Crippen molar-refractivity contribution in [2.75, 3.05) is 6.61 Å². The molecule has 1 heterocycles. The van der Waals surface area contributed by atoms with Crippen molar-refractivity contribution in [3.63, 3.8) is 0 Å². The van der Waals surface area contributed by atoms with E-state index in [9.17, 15) is 24.5 Å². The first-order chi connectivity index (χ1) is 13.3. The second kappa shape index (κ2) is 9.09. The van der Waals surface area contributed by atoms with Crippen LogP contribution in [-0.4, -0.2) is 29.3 Å². The van der Waals surface area contributed by atoms with Crippen molar-refractivity contribution in [2.24, 2.45) is 0 Å². The molecule has 0 atom stereocenters. The first-order valence-corrected chi connectivity index (χ1v) is 9.25. The van der Waals surface area contributed by atoms with Crippen LogP contribution in [0.2, 0.25) is 0 Å². The monoisotopic (exact) mass is 405 g/mol. The molecular weight excluding hydrogens is 386 g/mol. The predicted molar refractivity (Wildman–Crippen MR) is 102 cm³/mol. The second-order valence-corrected chi connectivity index (χ2v) is 6.86. The summed E-state index contributed by atoms with van der Waals surface area (Å²) in [5.41, 5.74) is 4.73. The molecule has 0 saturated carbocycles. The van der Waals surface area contributed by atoms with Gasteiger partial charge >= 0.3 is 5.97 Å². The van der Waals surface area contributed by atoms with Gasteiger partial charge in [0.25, 0.3) is 17.5 Å². The standard InChI is InChI=1S/C18H19N3O6S/c1-4-14-10(3)6-15(28-14)17(23)20-19-16(22)11-7-12(18(24)27-5-2)9-13(8-11)21(25)26/h6-9H,4-5H2,1-3H3,(H,19,22)(H,20,23). The van der Waals surface area contributed by atoms with Gasteiger partial charge in [-0.2, -0.15) is 0 Å². The van der Waals surface area contributed by atoms with E-state index in [0.29, 0.717) is 4.88 Å². The highest BCUT2D eigenvalue weighted by Gasteiger charge is 2.19. The third kappa shape index (κ3) is 4.92. The van der Waals surface area contributed by atoms with Crippen LogP contribution in [0.3, 0.4) is 0 Å². The number of hydrazine groups is 1. The van der Waals surface area contributed by atoms with Crippen LogP contribution in [0.15, 0.2) is 24.3 Å². The Labute approximate surface area is 164 Å². The topological polar surface area (TPSA) is 128 Å². The minimum atomic E-state index is -0.799. The number of thiophene rings is 1. The number of hydrogen-bond acceptors (Lipinski definition) is 7. The minimum absolute atomic E-state index is 0.0824. The molecule has 0 fully saturated rings. The van der Waals surface area contributed by atoms with E-state index in [1.807, 2.05) is 13.8 Å². The molecule has 0 bridgehead atoms. The van der Waals surface area contributed by atoms with Crippen molar-refractivity contribution in [1.82, 2.24) is 10.9 Å². The lowest BCUT2D eigenvalue weighted by Crippen LogP contribution is -2.41. The first kappa shape index (κ1) is 21.0.